The number of fused-ring (bicyclic) bond motifs is 1. The summed E-state index contributed by atoms with van der Waals surface area (Å²) >= 11 is 7.57. The number of halogens is 2. The normalized spacial score (nSPS) is 40.2. The van der Waals surface area contributed by atoms with Gasteiger partial charge in [-0.2, -0.15) is 0 Å². The van der Waals surface area contributed by atoms with Gasteiger partial charge >= 0.3 is 6.09 Å². The van der Waals surface area contributed by atoms with Gasteiger partial charge in [-0.1, -0.05) is 59.1 Å². The quantitative estimate of drug-likeness (QED) is 0.529. The molecular formula is C19H31Br2NO2. The Morgan fingerprint density at radius 2 is 2.00 bits per heavy atom. The summed E-state index contributed by atoms with van der Waals surface area (Å²) < 4.78 is 6.00. The Kier molecular flexibility index (Phi) is 5.91. The van der Waals surface area contributed by atoms with E-state index in [9.17, 15) is 4.79 Å². The van der Waals surface area contributed by atoms with Crippen LogP contribution in [0.25, 0.3) is 0 Å². The maximum Gasteiger partial charge on any atom is 0.407 e. The highest BCUT2D eigenvalue weighted by molar-refractivity contribution is 9.25. The van der Waals surface area contributed by atoms with Gasteiger partial charge in [-0.25, -0.2) is 4.79 Å². The summed E-state index contributed by atoms with van der Waals surface area (Å²) in [6.07, 6.45) is 6.98. The fourth-order valence-electron chi connectivity index (χ4n) is 5.12. The number of alkyl carbamates (subject to hydrolysis) is 1. The molecule has 1 amide bonds. The van der Waals surface area contributed by atoms with Crippen LogP contribution in [0.1, 0.15) is 59.3 Å². The summed E-state index contributed by atoms with van der Waals surface area (Å²) in [4.78, 5) is 12.2. The summed E-state index contributed by atoms with van der Waals surface area (Å²) in [5, 5.41) is 3.01. The van der Waals surface area contributed by atoms with E-state index >= 15 is 0 Å². The highest BCUT2D eigenvalue weighted by atomic mass is 79.9. The van der Waals surface area contributed by atoms with Crippen molar-refractivity contribution in [3.63, 3.8) is 0 Å². The zero-order valence-electron chi connectivity index (χ0n) is 15.1. The van der Waals surface area contributed by atoms with Crippen LogP contribution in [0.3, 0.4) is 0 Å². The highest BCUT2D eigenvalue weighted by Gasteiger charge is 2.66. The molecule has 0 aromatic carbocycles. The number of nitrogens with one attached hydrogen (secondary N) is 1. The summed E-state index contributed by atoms with van der Waals surface area (Å²) in [6.45, 7) is 7.49. The smallest absolute Gasteiger partial charge is 0.407 e. The molecule has 3 rings (SSSR count). The van der Waals surface area contributed by atoms with Crippen LogP contribution in [0, 0.1) is 35.5 Å². The van der Waals surface area contributed by atoms with Crippen molar-refractivity contribution in [1.82, 2.24) is 5.32 Å². The Bertz CT molecular complexity index is 468. The van der Waals surface area contributed by atoms with E-state index < -0.39 is 0 Å². The van der Waals surface area contributed by atoms with E-state index in [0.717, 1.165) is 31.2 Å². The second-order valence-corrected chi connectivity index (χ2v) is 12.3. The van der Waals surface area contributed by atoms with Gasteiger partial charge in [-0.05, 0) is 67.6 Å². The molecule has 0 aromatic rings. The molecule has 0 unspecified atom stereocenters. The van der Waals surface area contributed by atoms with E-state index in [-0.39, 0.29) is 15.4 Å². The molecule has 0 aliphatic heterocycles. The van der Waals surface area contributed by atoms with Crippen LogP contribution in [0.5, 0.6) is 0 Å². The number of amides is 1. The van der Waals surface area contributed by atoms with Gasteiger partial charge in [0.15, 0.2) is 0 Å². The maximum absolute atomic E-state index is 12.2. The van der Waals surface area contributed by atoms with Crippen molar-refractivity contribution in [2.45, 2.75) is 68.6 Å². The minimum Gasteiger partial charge on any atom is -0.446 e. The molecule has 0 spiro atoms. The van der Waals surface area contributed by atoms with Gasteiger partial charge in [-0.3, -0.25) is 0 Å². The van der Waals surface area contributed by atoms with Gasteiger partial charge in [0.05, 0.1) is 3.23 Å². The number of hydrogen-bond donors (Lipinski definition) is 1. The number of alkyl halides is 2. The Hall–Kier alpha value is 0.230. The number of ether oxygens (including phenoxy) is 1. The zero-order chi connectivity index (χ0) is 17.5. The molecular weight excluding hydrogens is 434 g/mol. The van der Waals surface area contributed by atoms with Crippen LogP contribution in [0.2, 0.25) is 0 Å². The Labute approximate surface area is 163 Å². The molecule has 3 saturated carbocycles. The molecule has 0 heterocycles. The summed E-state index contributed by atoms with van der Waals surface area (Å²) in [7, 11) is 0. The predicted molar refractivity (Wildman–Crippen MR) is 105 cm³/mol. The first-order chi connectivity index (χ1) is 11.3. The first-order valence-corrected chi connectivity index (χ1v) is 11.2. The molecule has 3 aliphatic rings. The monoisotopic (exact) mass is 463 g/mol. The average molecular weight is 465 g/mol. The van der Waals surface area contributed by atoms with E-state index in [1.165, 1.54) is 25.7 Å². The van der Waals surface area contributed by atoms with Crippen LogP contribution < -0.4 is 5.32 Å². The maximum atomic E-state index is 12.2. The van der Waals surface area contributed by atoms with Gasteiger partial charge in [0.25, 0.3) is 0 Å². The van der Waals surface area contributed by atoms with Crippen molar-refractivity contribution in [2.75, 3.05) is 6.54 Å². The van der Waals surface area contributed by atoms with E-state index in [1.807, 2.05) is 0 Å². The first kappa shape index (κ1) is 19.0. The van der Waals surface area contributed by atoms with Gasteiger partial charge in [0.2, 0.25) is 0 Å². The molecule has 3 fully saturated rings. The highest BCUT2D eigenvalue weighted by Crippen LogP contribution is 2.71. The lowest BCUT2D eigenvalue weighted by Gasteiger charge is -2.36. The van der Waals surface area contributed by atoms with E-state index in [0.29, 0.717) is 23.7 Å². The molecule has 6 atom stereocenters. The van der Waals surface area contributed by atoms with Crippen molar-refractivity contribution < 1.29 is 9.53 Å². The van der Waals surface area contributed by atoms with Crippen LogP contribution in [-0.2, 0) is 4.74 Å². The molecule has 138 valence electrons. The second-order valence-electron chi connectivity index (χ2n) is 8.63. The van der Waals surface area contributed by atoms with Crippen molar-refractivity contribution in [2.24, 2.45) is 35.5 Å². The Morgan fingerprint density at radius 3 is 2.62 bits per heavy atom. The van der Waals surface area contributed by atoms with Crippen molar-refractivity contribution in [1.29, 1.82) is 0 Å². The first-order valence-electron chi connectivity index (χ1n) is 9.63. The largest absolute Gasteiger partial charge is 0.446 e. The van der Waals surface area contributed by atoms with Gasteiger partial charge < -0.3 is 10.1 Å². The lowest BCUT2D eigenvalue weighted by Crippen LogP contribution is -2.39. The van der Waals surface area contributed by atoms with E-state index in [2.05, 4.69) is 57.9 Å². The van der Waals surface area contributed by atoms with Crippen LogP contribution >= 0.6 is 31.9 Å². The minimum atomic E-state index is -0.214. The molecule has 0 radical (unpaired) electrons. The molecule has 5 heteroatoms. The van der Waals surface area contributed by atoms with Gasteiger partial charge in [-0.15, -0.1) is 0 Å². The van der Waals surface area contributed by atoms with Gasteiger partial charge in [0.1, 0.15) is 6.10 Å². The summed E-state index contributed by atoms with van der Waals surface area (Å²) in [6, 6.07) is 0. The van der Waals surface area contributed by atoms with Crippen molar-refractivity contribution >= 4 is 38.0 Å². The average Bonchev–Trinajstić information content (AvgIpc) is 2.82. The predicted octanol–water partition coefficient (Wildman–Crippen LogP) is 5.71. The van der Waals surface area contributed by atoms with Crippen molar-refractivity contribution in [3.05, 3.63) is 0 Å². The Balaban J connectivity index is 1.40. The second kappa shape index (κ2) is 7.46. The topological polar surface area (TPSA) is 38.3 Å². The molecule has 24 heavy (non-hydrogen) atoms. The third kappa shape index (κ3) is 3.97. The number of hydrogen-bond acceptors (Lipinski definition) is 2. The minimum absolute atomic E-state index is 0.0887. The van der Waals surface area contributed by atoms with E-state index in [4.69, 9.17) is 4.74 Å². The number of rotatable bonds is 5. The summed E-state index contributed by atoms with van der Waals surface area (Å²) in [5.41, 5.74) is 0. The zero-order valence-corrected chi connectivity index (χ0v) is 18.2. The van der Waals surface area contributed by atoms with Gasteiger partial charge in [0, 0.05) is 6.54 Å². The third-order valence-corrected chi connectivity index (χ3v) is 8.86. The standard InChI is InChI=1S/C19H31Br2NO2/c1-11(2)14-6-4-12(3)10-16(14)24-18(23)22-9-8-13-5-7-15-17(13)19(15,20)21/h11-17H,4-10H2,1-3H3,(H,22,23)/t12-,13+,14+,15+,16-,17-/m1/s1. The molecule has 1 N–H and O–H groups in total. The number of carbonyl (C=O) groups excluding carboxylic acids is 1. The summed E-state index contributed by atoms with van der Waals surface area (Å²) in [5.74, 6) is 3.98. The molecule has 3 nitrogen and oxygen atoms in total. The lowest BCUT2D eigenvalue weighted by atomic mass is 9.75. The molecule has 0 aromatic heterocycles. The fraction of sp³-hybridized carbons (Fsp3) is 0.947. The third-order valence-electron chi connectivity index (χ3n) is 6.62. The van der Waals surface area contributed by atoms with E-state index in [1.54, 1.807) is 0 Å². The molecule has 3 aliphatic carbocycles. The molecule has 0 saturated heterocycles. The fourth-order valence-corrected chi connectivity index (χ4v) is 7.27. The van der Waals surface area contributed by atoms with Crippen LogP contribution in [0.15, 0.2) is 0 Å². The Morgan fingerprint density at radius 1 is 1.25 bits per heavy atom. The SMILES string of the molecule is CC(C)[C@@H]1CC[C@@H](C)C[C@H]1OC(=O)NCC[C@@H]1CC[C@H]2[C@@H]1C2(Br)Br. The molecule has 0 bridgehead atoms. The van der Waals surface area contributed by atoms with Crippen LogP contribution in [0.4, 0.5) is 4.79 Å². The van der Waals surface area contributed by atoms with Crippen LogP contribution in [-0.4, -0.2) is 22.0 Å². The number of carbonyl (C=O) groups is 1. The van der Waals surface area contributed by atoms with Crippen molar-refractivity contribution in [3.8, 4) is 0 Å². The lowest BCUT2D eigenvalue weighted by molar-refractivity contribution is 0.00612.